The molecule has 3 N–H and O–H groups in total. The fourth-order valence-electron chi connectivity index (χ4n) is 5.40. The maximum atomic E-state index is 11.4. The second-order valence-electron chi connectivity index (χ2n) is 11.8. The van der Waals surface area contributed by atoms with Crippen molar-refractivity contribution in [3.63, 3.8) is 0 Å². The number of primary sulfonamides is 1. The van der Waals surface area contributed by atoms with Crippen molar-refractivity contribution in [3.8, 4) is 46.5 Å². The summed E-state index contributed by atoms with van der Waals surface area (Å²) in [5.74, 6) is 5.28. The van der Waals surface area contributed by atoms with Crippen LogP contribution < -0.4 is 24.7 Å². The summed E-state index contributed by atoms with van der Waals surface area (Å²) in [5.41, 5.74) is 6.38. The number of benzene rings is 4. The number of hydrogen-bond acceptors (Lipinski definition) is 10. The largest absolute Gasteiger partial charge is 0.494 e. The lowest BCUT2D eigenvalue weighted by atomic mass is 10.1. The molecular formula is C41H43N5O7S. The van der Waals surface area contributed by atoms with E-state index in [9.17, 15) is 8.42 Å². The summed E-state index contributed by atoms with van der Waals surface area (Å²) < 4.78 is 52.1. The highest BCUT2D eigenvalue weighted by Crippen LogP contribution is 2.35. The van der Waals surface area contributed by atoms with Crippen LogP contribution >= 0.6 is 0 Å². The summed E-state index contributed by atoms with van der Waals surface area (Å²) in [7, 11) is -0.442. The number of aryl methyl sites for hydroxylation is 1. The monoisotopic (exact) mass is 749 g/mol. The van der Waals surface area contributed by atoms with Crippen LogP contribution in [0.3, 0.4) is 0 Å². The lowest BCUT2D eigenvalue weighted by molar-refractivity contribution is 0.132. The minimum Gasteiger partial charge on any atom is -0.494 e. The molecule has 2 aromatic heterocycles. The standard InChI is InChI=1S/C22H23N3O4.C19H20N2O3S/c1-4-16-6-5-7-17(12-16)25-22-18-13-20(28-10-8-26-2)21(29-11-9-27-3)14-19(18)23-15-24-22;1-3-24-17-8-4-15(5-9-17)19-12-14(2)13-21(19)16-6-10-18(11-7-16)25(20,22)23/h1,5-7,12-15H,8-11H2,2-3H3,(H,23,24,25);4-13H,3H2,1-2H3,(H2,20,22,23). The van der Waals surface area contributed by atoms with Crippen LogP contribution in [0.25, 0.3) is 27.8 Å². The first-order valence-electron chi connectivity index (χ1n) is 17.0. The van der Waals surface area contributed by atoms with Gasteiger partial charge in [-0.25, -0.2) is 23.5 Å². The zero-order chi connectivity index (χ0) is 38.5. The van der Waals surface area contributed by atoms with Gasteiger partial charge >= 0.3 is 0 Å². The number of nitrogens with two attached hydrogens (primary N) is 1. The number of methoxy groups -OCH3 is 2. The molecule has 0 saturated heterocycles. The van der Waals surface area contributed by atoms with Crippen molar-refractivity contribution in [2.45, 2.75) is 18.7 Å². The molecule has 0 aliphatic rings. The van der Waals surface area contributed by atoms with E-state index in [2.05, 4.69) is 27.3 Å². The molecule has 6 aromatic rings. The van der Waals surface area contributed by atoms with Crippen LogP contribution in [-0.4, -0.2) is 70.2 Å². The summed E-state index contributed by atoms with van der Waals surface area (Å²) in [5, 5.41) is 9.26. The van der Waals surface area contributed by atoms with Gasteiger partial charge < -0.3 is 33.6 Å². The van der Waals surface area contributed by atoms with Gasteiger partial charge in [0, 0.05) is 48.8 Å². The molecule has 0 radical (unpaired) electrons. The Balaban J connectivity index is 0.000000210. The van der Waals surface area contributed by atoms with Crippen LogP contribution in [0.2, 0.25) is 0 Å². The highest BCUT2D eigenvalue weighted by molar-refractivity contribution is 7.89. The third-order valence-corrected chi connectivity index (χ3v) is 8.87. The molecule has 13 heteroatoms. The maximum Gasteiger partial charge on any atom is 0.238 e. The van der Waals surface area contributed by atoms with Crippen molar-refractivity contribution in [3.05, 3.63) is 115 Å². The minimum absolute atomic E-state index is 0.0998. The second kappa shape index (κ2) is 18.7. The van der Waals surface area contributed by atoms with Crippen LogP contribution in [-0.2, 0) is 19.5 Å². The molecular weight excluding hydrogens is 707 g/mol. The smallest absolute Gasteiger partial charge is 0.238 e. The number of nitrogens with one attached hydrogen (secondary N) is 1. The molecule has 12 nitrogen and oxygen atoms in total. The zero-order valence-electron chi connectivity index (χ0n) is 30.6. The molecule has 0 bridgehead atoms. The summed E-state index contributed by atoms with van der Waals surface area (Å²) in [4.78, 5) is 8.85. The normalized spacial score (nSPS) is 11.0. The zero-order valence-corrected chi connectivity index (χ0v) is 31.4. The Morgan fingerprint density at radius 1 is 0.833 bits per heavy atom. The summed E-state index contributed by atoms with van der Waals surface area (Å²) >= 11 is 0. The Kier molecular flexibility index (Phi) is 13.6. The van der Waals surface area contributed by atoms with E-state index in [0.717, 1.165) is 50.4 Å². The first kappa shape index (κ1) is 39.3. The second-order valence-corrected chi connectivity index (χ2v) is 13.4. The molecule has 280 valence electrons. The average molecular weight is 750 g/mol. The SMILES string of the molecule is C#Cc1cccc(Nc2ncnc3cc(OCCOC)c(OCCOC)cc23)c1.CCOc1ccc(-c2cc(C)cn2-c2ccc(S(N)(=O)=O)cc2)cc1. The Morgan fingerprint density at radius 2 is 1.52 bits per heavy atom. The van der Waals surface area contributed by atoms with E-state index in [4.69, 9.17) is 35.2 Å². The Bertz CT molecular complexity index is 2300. The van der Waals surface area contributed by atoms with Gasteiger partial charge in [-0.05, 0) is 104 Å². The van der Waals surface area contributed by atoms with Gasteiger partial charge in [0.1, 0.15) is 31.1 Å². The topological polar surface area (TPSA) is 149 Å². The highest BCUT2D eigenvalue weighted by Gasteiger charge is 2.14. The molecule has 0 unspecified atom stereocenters. The first-order valence-corrected chi connectivity index (χ1v) is 18.6. The Hall–Kier alpha value is -5.91. The van der Waals surface area contributed by atoms with E-state index in [1.165, 1.54) is 18.5 Å². The molecule has 0 atom stereocenters. The number of sulfonamides is 1. The average Bonchev–Trinajstić information content (AvgIpc) is 3.57. The number of hydrogen-bond donors (Lipinski definition) is 2. The van der Waals surface area contributed by atoms with Crippen LogP contribution in [0.15, 0.2) is 108 Å². The van der Waals surface area contributed by atoms with Crippen molar-refractivity contribution in [1.29, 1.82) is 0 Å². The van der Waals surface area contributed by atoms with Gasteiger partial charge in [-0.1, -0.05) is 12.0 Å². The molecule has 0 saturated carbocycles. The molecule has 0 aliphatic heterocycles. The molecule has 0 amide bonds. The third-order valence-electron chi connectivity index (χ3n) is 7.94. The summed E-state index contributed by atoms with van der Waals surface area (Å²) in [6.45, 7) is 6.33. The van der Waals surface area contributed by atoms with Gasteiger partial charge in [0.05, 0.1) is 35.9 Å². The van der Waals surface area contributed by atoms with E-state index in [1.54, 1.807) is 26.4 Å². The molecule has 0 aliphatic carbocycles. The van der Waals surface area contributed by atoms with E-state index >= 15 is 0 Å². The Morgan fingerprint density at radius 3 is 2.15 bits per heavy atom. The van der Waals surface area contributed by atoms with Crippen LogP contribution in [0, 0.1) is 19.3 Å². The van der Waals surface area contributed by atoms with E-state index in [0.29, 0.717) is 50.4 Å². The minimum atomic E-state index is -3.69. The number of ether oxygens (including phenoxy) is 5. The third kappa shape index (κ3) is 10.4. The predicted molar refractivity (Wildman–Crippen MR) is 210 cm³/mol. The van der Waals surface area contributed by atoms with E-state index in [-0.39, 0.29) is 4.90 Å². The molecule has 2 heterocycles. The molecule has 6 rings (SSSR count). The van der Waals surface area contributed by atoms with Crippen molar-refractivity contribution in [1.82, 2.24) is 14.5 Å². The van der Waals surface area contributed by atoms with Crippen molar-refractivity contribution >= 4 is 32.4 Å². The predicted octanol–water partition coefficient (Wildman–Crippen LogP) is 6.90. The van der Waals surface area contributed by atoms with Crippen LogP contribution in [0.5, 0.6) is 17.2 Å². The number of anilines is 2. The van der Waals surface area contributed by atoms with Gasteiger partial charge in [0.15, 0.2) is 11.5 Å². The maximum absolute atomic E-state index is 11.4. The van der Waals surface area contributed by atoms with Gasteiger partial charge in [-0.15, -0.1) is 6.42 Å². The number of terminal acetylenes is 1. The fourth-order valence-corrected chi connectivity index (χ4v) is 5.91. The number of fused-ring (bicyclic) bond motifs is 1. The molecule has 54 heavy (non-hydrogen) atoms. The van der Waals surface area contributed by atoms with E-state index < -0.39 is 10.0 Å². The molecule has 0 fully saturated rings. The van der Waals surface area contributed by atoms with Gasteiger partial charge in [-0.2, -0.15) is 0 Å². The molecule has 0 spiro atoms. The highest BCUT2D eigenvalue weighted by atomic mass is 32.2. The number of nitrogens with zero attached hydrogens (tertiary/aromatic N) is 3. The first-order chi connectivity index (χ1) is 26.1. The Labute approximate surface area is 315 Å². The van der Waals surface area contributed by atoms with E-state index in [1.807, 2.05) is 85.3 Å². The van der Waals surface area contributed by atoms with Crippen molar-refractivity contribution in [2.24, 2.45) is 5.14 Å². The van der Waals surface area contributed by atoms with Crippen LogP contribution in [0.1, 0.15) is 18.1 Å². The number of aromatic nitrogens is 3. The number of rotatable bonds is 15. The van der Waals surface area contributed by atoms with Gasteiger partial charge in [-0.3, -0.25) is 0 Å². The fraction of sp³-hybridized carbons (Fsp3) is 0.220. The van der Waals surface area contributed by atoms with Crippen molar-refractivity contribution in [2.75, 3.05) is 52.6 Å². The van der Waals surface area contributed by atoms with Crippen molar-refractivity contribution < 1.29 is 32.1 Å². The quantitative estimate of drug-likeness (QED) is 0.0839. The van der Waals surface area contributed by atoms with Gasteiger partial charge in [0.25, 0.3) is 0 Å². The lowest BCUT2D eigenvalue weighted by Crippen LogP contribution is -2.12. The van der Waals surface area contributed by atoms with Gasteiger partial charge in [0.2, 0.25) is 10.0 Å². The van der Waals surface area contributed by atoms with Crippen LogP contribution in [0.4, 0.5) is 11.5 Å². The summed E-state index contributed by atoms with van der Waals surface area (Å²) in [6.07, 6.45) is 9.01. The lowest BCUT2D eigenvalue weighted by Gasteiger charge is -2.15. The summed E-state index contributed by atoms with van der Waals surface area (Å²) in [6, 6.07) is 27.8. The molecule has 4 aromatic carbocycles.